The first-order valence-electron chi connectivity index (χ1n) is 3.49. The molecule has 0 saturated carbocycles. The predicted molar refractivity (Wildman–Crippen MR) is 50.6 cm³/mol. The molecular weight excluding hydrogens is 176 g/mol. The Hall–Kier alpha value is -0.930. The first-order chi connectivity index (χ1) is 5.69. The average Bonchev–Trinajstić information content (AvgIpc) is 2.09. The van der Waals surface area contributed by atoms with Crippen molar-refractivity contribution in [2.75, 3.05) is 12.5 Å². The number of nitrogens with one attached hydrogen (secondary N) is 1. The first kappa shape index (κ1) is 9.16. The van der Waals surface area contributed by atoms with Gasteiger partial charge in [-0.05, 0) is 24.6 Å². The molecule has 0 aliphatic heterocycles. The Kier molecular flexibility index (Phi) is 2.78. The third kappa shape index (κ3) is 1.62. The summed E-state index contributed by atoms with van der Waals surface area (Å²) in [4.78, 5) is 0. The summed E-state index contributed by atoms with van der Waals surface area (Å²) in [5.41, 5.74) is 4.16. The third-order valence-corrected chi connectivity index (χ3v) is 2.04. The van der Waals surface area contributed by atoms with Gasteiger partial charge in [-0.1, -0.05) is 11.6 Å². The fourth-order valence-corrected chi connectivity index (χ4v) is 1.10. The topological polar surface area (TPSA) is 47.3 Å². The van der Waals surface area contributed by atoms with Gasteiger partial charge in [0.05, 0.1) is 12.8 Å². The lowest BCUT2D eigenvalue weighted by molar-refractivity contribution is 0.416. The van der Waals surface area contributed by atoms with Crippen molar-refractivity contribution in [2.24, 2.45) is 5.84 Å². The fraction of sp³-hybridized carbons (Fsp3) is 0.250. The van der Waals surface area contributed by atoms with E-state index >= 15 is 0 Å². The molecule has 3 N–H and O–H groups in total. The van der Waals surface area contributed by atoms with Crippen LogP contribution in [0.15, 0.2) is 12.1 Å². The highest BCUT2D eigenvalue weighted by atomic mass is 35.5. The van der Waals surface area contributed by atoms with E-state index in [9.17, 15) is 0 Å². The number of anilines is 1. The molecule has 0 fully saturated rings. The van der Waals surface area contributed by atoms with Crippen LogP contribution in [0.3, 0.4) is 0 Å². The molecule has 0 radical (unpaired) electrons. The highest BCUT2D eigenvalue weighted by molar-refractivity contribution is 6.31. The first-order valence-corrected chi connectivity index (χ1v) is 3.87. The van der Waals surface area contributed by atoms with E-state index in [0.29, 0.717) is 16.5 Å². The van der Waals surface area contributed by atoms with Crippen molar-refractivity contribution in [3.05, 3.63) is 22.7 Å². The van der Waals surface area contributed by atoms with Crippen LogP contribution < -0.4 is 16.0 Å². The maximum absolute atomic E-state index is 5.87. The molecule has 0 aromatic heterocycles. The number of hydrogen-bond donors (Lipinski definition) is 2. The van der Waals surface area contributed by atoms with Gasteiger partial charge < -0.3 is 10.2 Å². The largest absolute Gasteiger partial charge is 0.495 e. The lowest BCUT2D eigenvalue weighted by Crippen LogP contribution is -2.08. The molecule has 0 saturated heterocycles. The number of hydrazine groups is 1. The minimum atomic E-state index is 0.670. The van der Waals surface area contributed by atoms with Crippen LogP contribution in [0, 0.1) is 6.92 Å². The molecule has 0 aliphatic rings. The monoisotopic (exact) mass is 186 g/mol. The van der Waals surface area contributed by atoms with Gasteiger partial charge >= 0.3 is 0 Å². The van der Waals surface area contributed by atoms with Crippen molar-refractivity contribution < 1.29 is 4.74 Å². The van der Waals surface area contributed by atoms with Gasteiger partial charge in [0.25, 0.3) is 0 Å². The highest BCUT2D eigenvalue weighted by Gasteiger charge is 2.04. The quantitative estimate of drug-likeness (QED) is 0.548. The van der Waals surface area contributed by atoms with E-state index in [2.05, 4.69) is 5.43 Å². The minimum absolute atomic E-state index is 0.670. The van der Waals surface area contributed by atoms with Gasteiger partial charge in [0.1, 0.15) is 5.75 Å². The fourth-order valence-electron chi connectivity index (χ4n) is 0.937. The second-order valence-corrected chi connectivity index (χ2v) is 2.85. The van der Waals surface area contributed by atoms with Crippen molar-refractivity contribution in [1.82, 2.24) is 0 Å². The van der Waals surface area contributed by atoms with Crippen molar-refractivity contribution in [2.45, 2.75) is 6.92 Å². The van der Waals surface area contributed by atoms with Gasteiger partial charge in [-0.25, -0.2) is 0 Å². The van der Waals surface area contributed by atoms with Gasteiger partial charge in [0.15, 0.2) is 0 Å². The summed E-state index contributed by atoms with van der Waals surface area (Å²) >= 11 is 5.87. The van der Waals surface area contributed by atoms with Crippen LogP contribution in [0.4, 0.5) is 5.69 Å². The summed E-state index contributed by atoms with van der Waals surface area (Å²) in [5, 5.41) is 0.670. The summed E-state index contributed by atoms with van der Waals surface area (Å²) in [5.74, 6) is 5.95. The van der Waals surface area contributed by atoms with E-state index in [4.69, 9.17) is 22.2 Å². The van der Waals surface area contributed by atoms with E-state index in [1.54, 1.807) is 13.2 Å². The Morgan fingerprint density at radius 2 is 2.17 bits per heavy atom. The summed E-state index contributed by atoms with van der Waals surface area (Å²) < 4.78 is 5.07. The van der Waals surface area contributed by atoms with Gasteiger partial charge in [0.2, 0.25) is 0 Å². The molecule has 0 heterocycles. The molecule has 1 aromatic rings. The van der Waals surface area contributed by atoms with Crippen molar-refractivity contribution in [1.29, 1.82) is 0 Å². The Labute approximate surface area is 76.4 Å². The summed E-state index contributed by atoms with van der Waals surface area (Å²) in [6.45, 7) is 1.91. The number of halogens is 1. The van der Waals surface area contributed by atoms with Crippen LogP contribution in [0.1, 0.15) is 5.56 Å². The van der Waals surface area contributed by atoms with Gasteiger partial charge in [-0.3, -0.25) is 5.84 Å². The minimum Gasteiger partial charge on any atom is -0.495 e. The van der Waals surface area contributed by atoms with E-state index in [0.717, 1.165) is 5.56 Å². The second kappa shape index (κ2) is 3.65. The second-order valence-electron chi connectivity index (χ2n) is 2.45. The van der Waals surface area contributed by atoms with E-state index in [-0.39, 0.29) is 0 Å². The lowest BCUT2D eigenvalue weighted by atomic mass is 10.2. The molecule has 1 rings (SSSR count). The molecular formula is C8H11ClN2O. The van der Waals surface area contributed by atoms with Crippen LogP contribution in [0.5, 0.6) is 5.75 Å². The van der Waals surface area contributed by atoms with Gasteiger partial charge in [0, 0.05) is 5.02 Å². The maximum Gasteiger partial charge on any atom is 0.143 e. The van der Waals surface area contributed by atoms with Crippen molar-refractivity contribution >= 4 is 17.3 Å². The molecule has 3 nitrogen and oxygen atoms in total. The SMILES string of the molecule is COc1cc(C)c(Cl)cc1NN. The number of benzene rings is 1. The number of hydrogen-bond acceptors (Lipinski definition) is 3. The van der Waals surface area contributed by atoms with E-state index < -0.39 is 0 Å². The van der Waals surface area contributed by atoms with Crippen LogP contribution in [0.25, 0.3) is 0 Å². The number of aryl methyl sites for hydroxylation is 1. The number of nitrogens with two attached hydrogens (primary N) is 1. The molecule has 4 heteroatoms. The molecule has 66 valence electrons. The highest BCUT2D eigenvalue weighted by Crippen LogP contribution is 2.29. The van der Waals surface area contributed by atoms with Crippen LogP contribution >= 0.6 is 11.6 Å². The number of nitrogen functional groups attached to an aromatic ring is 1. The zero-order valence-corrected chi connectivity index (χ0v) is 7.77. The number of methoxy groups -OCH3 is 1. The van der Waals surface area contributed by atoms with Crippen molar-refractivity contribution in [3.63, 3.8) is 0 Å². The molecule has 0 unspecified atom stereocenters. The van der Waals surface area contributed by atoms with Crippen molar-refractivity contribution in [3.8, 4) is 5.75 Å². The van der Waals surface area contributed by atoms with Crippen LogP contribution in [0.2, 0.25) is 5.02 Å². The Morgan fingerprint density at radius 3 is 2.67 bits per heavy atom. The molecule has 0 atom stereocenters. The molecule has 12 heavy (non-hydrogen) atoms. The molecule has 0 bridgehead atoms. The predicted octanol–water partition coefficient (Wildman–Crippen LogP) is 1.94. The zero-order valence-electron chi connectivity index (χ0n) is 7.02. The lowest BCUT2D eigenvalue weighted by Gasteiger charge is -2.09. The third-order valence-electron chi connectivity index (χ3n) is 1.64. The summed E-state index contributed by atoms with van der Waals surface area (Å²) in [6.07, 6.45) is 0. The van der Waals surface area contributed by atoms with E-state index in [1.165, 1.54) is 0 Å². The molecule has 0 aliphatic carbocycles. The Bertz CT molecular complexity index is 260. The zero-order chi connectivity index (χ0) is 9.14. The standard InChI is InChI=1S/C8H11ClN2O/c1-5-3-8(12-2)7(11-10)4-6(5)9/h3-4,11H,10H2,1-2H3. The van der Waals surface area contributed by atoms with E-state index in [1.807, 2.05) is 13.0 Å². The average molecular weight is 187 g/mol. The van der Waals surface area contributed by atoms with Crippen LogP contribution in [-0.2, 0) is 0 Å². The van der Waals surface area contributed by atoms with Gasteiger partial charge in [-0.15, -0.1) is 0 Å². The van der Waals surface area contributed by atoms with Gasteiger partial charge in [-0.2, -0.15) is 0 Å². The maximum atomic E-state index is 5.87. The summed E-state index contributed by atoms with van der Waals surface area (Å²) in [7, 11) is 1.59. The summed E-state index contributed by atoms with van der Waals surface area (Å²) in [6, 6.07) is 3.56. The molecule has 1 aromatic carbocycles. The Balaban J connectivity index is 3.19. The van der Waals surface area contributed by atoms with Crippen LogP contribution in [-0.4, -0.2) is 7.11 Å². The number of rotatable bonds is 2. The normalized spacial score (nSPS) is 9.67. The number of ether oxygens (including phenoxy) is 1. The molecule has 0 amide bonds. The Morgan fingerprint density at radius 1 is 1.50 bits per heavy atom. The molecule has 0 spiro atoms. The smallest absolute Gasteiger partial charge is 0.143 e.